The fourth-order valence-electron chi connectivity index (χ4n) is 4.73. The van der Waals surface area contributed by atoms with Gasteiger partial charge in [-0.2, -0.15) is 13.2 Å². The minimum Gasteiger partial charge on any atom is -0.335 e. The molecule has 1 unspecified atom stereocenters. The Kier molecular flexibility index (Phi) is 7.10. The number of rotatable bonds is 6. The summed E-state index contributed by atoms with van der Waals surface area (Å²) in [7, 11) is 0. The van der Waals surface area contributed by atoms with Gasteiger partial charge < -0.3 is 10.6 Å². The van der Waals surface area contributed by atoms with Crippen LogP contribution < -0.4 is 10.6 Å². The molecule has 4 rings (SSSR count). The maximum Gasteiger partial charge on any atom is 0.416 e. The minimum atomic E-state index is -4.84. The zero-order valence-electron chi connectivity index (χ0n) is 18.8. The van der Waals surface area contributed by atoms with Crippen molar-refractivity contribution in [3.8, 4) is 0 Å². The van der Waals surface area contributed by atoms with Crippen LogP contribution in [0.15, 0.2) is 72.8 Å². The fourth-order valence-corrected chi connectivity index (χ4v) is 4.73. The lowest BCUT2D eigenvalue weighted by Crippen LogP contribution is -2.54. The molecule has 2 N–H and O–H groups in total. The van der Waals surface area contributed by atoms with E-state index in [9.17, 15) is 22.4 Å². The van der Waals surface area contributed by atoms with Gasteiger partial charge in [0.25, 0.3) is 0 Å². The van der Waals surface area contributed by atoms with Crippen LogP contribution >= 0.6 is 0 Å². The highest BCUT2D eigenvalue weighted by Gasteiger charge is 2.41. The third-order valence-corrected chi connectivity index (χ3v) is 6.38. The van der Waals surface area contributed by atoms with Gasteiger partial charge in [-0.25, -0.2) is 13.6 Å². The Morgan fingerprint density at radius 2 is 1.49 bits per heavy atom. The summed E-state index contributed by atoms with van der Waals surface area (Å²) in [4.78, 5) is 13.2. The minimum absolute atomic E-state index is 0.0656. The SMILES string of the molecule is O=C(NC1CCCC1)NC(Cc1ccccc1)(c1cc(F)cc(C(F)(F)F)c1)c1ccccc1F. The molecule has 0 aromatic heterocycles. The average molecular weight is 489 g/mol. The number of carbonyl (C=O) groups excluding carboxylic acids is 1. The van der Waals surface area contributed by atoms with Crippen LogP contribution in [0.3, 0.4) is 0 Å². The number of amides is 2. The van der Waals surface area contributed by atoms with Gasteiger partial charge in [0.1, 0.15) is 11.6 Å². The van der Waals surface area contributed by atoms with E-state index in [-0.39, 0.29) is 23.6 Å². The first-order chi connectivity index (χ1) is 16.7. The molecule has 184 valence electrons. The number of halogens is 5. The maximum absolute atomic E-state index is 15.3. The molecule has 1 saturated carbocycles. The van der Waals surface area contributed by atoms with Crippen molar-refractivity contribution in [1.29, 1.82) is 0 Å². The van der Waals surface area contributed by atoms with Gasteiger partial charge in [0, 0.05) is 18.0 Å². The van der Waals surface area contributed by atoms with Crippen molar-refractivity contribution < 1.29 is 26.7 Å². The van der Waals surface area contributed by atoms with Crippen LogP contribution in [0.2, 0.25) is 0 Å². The molecular weight excluding hydrogens is 463 g/mol. The molecule has 0 saturated heterocycles. The first-order valence-corrected chi connectivity index (χ1v) is 11.4. The number of carbonyl (C=O) groups is 1. The first-order valence-electron chi connectivity index (χ1n) is 11.4. The van der Waals surface area contributed by atoms with Crippen molar-refractivity contribution in [2.45, 2.75) is 49.9 Å². The Bertz CT molecular complexity index is 1180. The summed E-state index contributed by atoms with van der Waals surface area (Å²) < 4.78 is 70.8. The second kappa shape index (κ2) is 10.1. The summed E-state index contributed by atoms with van der Waals surface area (Å²) in [5.74, 6) is -1.87. The predicted octanol–water partition coefficient (Wildman–Crippen LogP) is 6.71. The highest BCUT2D eigenvalue weighted by atomic mass is 19.4. The van der Waals surface area contributed by atoms with Gasteiger partial charge in [-0.1, -0.05) is 61.4 Å². The van der Waals surface area contributed by atoms with E-state index in [2.05, 4.69) is 10.6 Å². The van der Waals surface area contributed by atoms with Crippen molar-refractivity contribution in [1.82, 2.24) is 10.6 Å². The second-order valence-corrected chi connectivity index (χ2v) is 8.85. The van der Waals surface area contributed by atoms with Crippen molar-refractivity contribution in [3.63, 3.8) is 0 Å². The normalized spacial score (nSPS) is 16.0. The summed E-state index contributed by atoms with van der Waals surface area (Å²) in [6, 6.07) is 15.5. The van der Waals surface area contributed by atoms with Crippen LogP contribution in [-0.4, -0.2) is 12.1 Å². The topological polar surface area (TPSA) is 41.1 Å². The van der Waals surface area contributed by atoms with E-state index in [1.165, 1.54) is 18.2 Å². The van der Waals surface area contributed by atoms with Gasteiger partial charge in [0.2, 0.25) is 0 Å². The Hall–Kier alpha value is -3.42. The fraction of sp³-hybridized carbons (Fsp3) is 0.296. The molecule has 35 heavy (non-hydrogen) atoms. The quantitative estimate of drug-likeness (QED) is 0.372. The third kappa shape index (κ3) is 5.63. The molecule has 3 aromatic rings. The smallest absolute Gasteiger partial charge is 0.335 e. The van der Waals surface area contributed by atoms with Crippen LogP contribution in [-0.2, 0) is 18.1 Å². The highest BCUT2D eigenvalue weighted by Crippen LogP contribution is 2.39. The molecule has 0 aliphatic heterocycles. The van der Waals surface area contributed by atoms with Crippen LogP contribution in [0.5, 0.6) is 0 Å². The molecule has 1 fully saturated rings. The highest BCUT2D eigenvalue weighted by molar-refractivity contribution is 5.76. The Morgan fingerprint density at radius 1 is 0.857 bits per heavy atom. The molecule has 1 aliphatic carbocycles. The van der Waals surface area contributed by atoms with Crippen molar-refractivity contribution >= 4 is 6.03 Å². The number of alkyl halides is 3. The molecule has 0 spiro atoms. The lowest BCUT2D eigenvalue weighted by molar-refractivity contribution is -0.137. The molecule has 1 atom stereocenters. The standard InChI is InChI=1S/C27H25F5N2O/c28-21-15-19(14-20(16-21)27(30,31)32)26(17-18-8-2-1-3-9-18,23-12-6-7-13-24(23)29)34-25(35)33-22-10-4-5-11-22/h1-3,6-9,12-16,22H,4-5,10-11,17H2,(H2,33,34,35). The first kappa shape index (κ1) is 24.7. The van der Waals surface area contributed by atoms with Crippen LogP contribution in [0.4, 0.5) is 26.7 Å². The van der Waals surface area contributed by atoms with E-state index < -0.39 is 34.9 Å². The van der Waals surface area contributed by atoms with Gasteiger partial charge in [-0.15, -0.1) is 0 Å². The maximum atomic E-state index is 15.3. The summed E-state index contributed by atoms with van der Waals surface area (Å²) in [6.45, 7) is 0. The number of benzene rings is 3. The van der Waals surface area contributed by atoms with E-state index in [0.29, 0.717) is 11.6 Å². The van der Waals surface area contributed by atoms with Gasteiger partial charge in [-0.05, 0) is 48.2 Å². The molecule has 3 nitrogen and oxygen atoms in total. The Labute approximate surface area is 200 Å². The molecule has 0 heterocycles. The van der Waals surface area contributed by atoms with E-state index >= 15 is 4.39 Å². The number of hydrogen-bond donors (Lipinski definition) is 2. The lowest BCUT2D eigenvalue weighted by atomic mass is 9.77. The van der Waals surface area contributed by atoms with Gasteiger partial charge in [-0.3, -0.25) is 0 Å². The van der Waals surface area contributed by atoms with Crippen molar-refractivity contribution in [3.05, 3.63) is 107 Å². The zero-order chi connectivity index (χ0) is 25.1. The molecule has 0 radical (unpaired) electrons. The van der Waals surface area contributed by atoms with Crippen LogP contribution in [0, 0.1) is 11.6 Å². The van der Waals surface area contributed by atoms with Crippen molar-refractivity contribution in [2.75, 3.05) is 0 Å². The molecular formula is C27H25F5N2O. The summed E-state index contributed by atoms with van der Waals surface area (Å²) >= 11 is 0. The molecule has 0 bridgehead atoms. The number of hydrogen-bond acceptors (Lipinski definition) is 1. The molecule has 8 heteroatoms. The monoisotopic (exact) mass is 488 g/mol. The predicted molar refractivity (Wildman–Crippen MR) is 123 cm³/mol. The van der Waals surface area contributed by atoms with E-state index in [4.69, 9.17) is 0 Å². The van der Waals surface area contributed by atoms with Crippen LogP contribution in [0.1, 0.15) is 47.9 Å². The van der Waals surface area contributed by atoms with Crippen LogP contribution in [0.25, 0.3) is 0 Å². The van der Waals surface area contributed by atoms with E-state index in [1.54, 1.807) is 30.3 Å². The Balaban J connectivity index is 1.91. The number of nitrogens with one attached hydrogen (secondary N) is 2. The summed E-state index contributed by atoms with van der Waals surface area (Å²) in [5, 5.41) is 5.61. The average Bonchev–Trinajstić information content (AvgIpc) is 3.31. The van der Waals surface area contributed by atoms with Gasteiger partial charge >= 0.3 is 12.2 Å². The zero-order valence-corrected chi connectivity index (χ0v) is 18.8. The summed E-state index contributed by atoms with van der Waals surface area (Å²) in [6.07, 6.45) is -1.49. The van der Waals surface area contributed by atoms with Gasteiger partial charge in [0.15, 0.2) is 0 Å². The lowest BCUT2D eigenvalue weighted by Gasteiger charge is -2.37. The largest absolute Gasteiger partial charge is 0.416 e. The molecule has 1 aliphatic rings. The third-order valence-electron chi connectivity index (χ3n) is 6.38. The number of urea groups is 1. The van der Waals surface area contributed by atoms with E-state index in [1.807, 2.05) is 0 Å². The Morgan fingerprint density at radius 3 is 2.14 bits per heavy atom. The van der Waals surface area contributed by atoms with Crippen molar-refractivity contribution in [2.24, 2.45) is 0 Å². The second-order valence-electron chi connectivity index (χ2n) is 8.85. The molecule has 3 aromatic carbocycles. The summed E-state index contributed by atoms with van der Waals surface area (Å²) in [5.41, 5.74) is -2.70. The van der Waals surface area contributed by atoms with Gasteiger partial charge in [0.05, 0.1) is 11.1 Å². The van der Waals surface area contributed by atoms with E-state index in [0.717, 1.165) is 43.9 Å². The molecule has 2 amide bonds.